The summed E-state index contributed by atoms with van der Waals surface area (Å²) < 4.78 is 26.3. The van der Waals surface area contributed by atoms with Crippen LogP contribution in [0.25, 0.3) is 0 Å². The van der Waals surface area contributed by atoms with Crippen molar-refractivity contribution in [1.29, 1.82) is 0 Å². The number of fused-ring (bicyclic) bond motifs is 1. The lowest BCUT2D eigenvalue weighted by molar-refractivity contribution is -0.114. The van der Waals surface area contributed by atoms with Gasteiger partial charge in [0.05, 0.1) is 11.3 Å². The number of rotatable bonds is 4. The second-order valence-electron chi connectivity index (χ2n) is 5.11. The van der Waals surface area contributed by atoms with Gasteiger partial charge in [0, 0.05) is 12.6 Å². The first-order valence-electron chi connectivity index (χ1n) is 6.27. The summed E-state index contributed by atoms with van der Waals surface area (Å²) in [5.74, 6) is -3.14. The Morgan fingerprint density at radius 3 is 2.42 bits per heavy atom. The standard InChI is InChI=1S/C14H15F2NO2/c1-8(2)4-3-5-17-12-7-11(16)10(15)6-9(12)13(18)14(17)19/h6-8H,3-5H2,1-2H3. The minimum Gasteiger partial charge on any atom is -0.305 e. The van der Waals surface area contributed by atoms with Crippen molar-refractivity contribution >= 4 is 17.4 Å². The van der Waals surface area contributed by atoms with Crippen LogP contribution in [0.5, 0.6) is 0 Å². The lowest BCUT2D eigenvalue weighted by Crippen LogP contribution is -2.30. The Balaban J connectivity index is 2.26. The first-order chi connectivity index (χ1) is 8.91. The first-order valence-corrected chi connectivity index (χ1v) is 6.27. The molecule has 0 unspecified atom stereocenters. The molecule has 5 heteroatoms. The van der Waals surface area contributed by atoms with E-state index in [1.54, 1.807) is 0 Å². The van der Waals surface area contributed by atoms with Gasteiger partial charge in [0.2, 0.25) is 0 Å². The summed E-state index contributed by atoms with van der Waals surface area (Å²) in [4.78, 5) is 24.7. The van der Waals surface area contributed by atoms with Gasteiger partial charge in [0.15, 0.2) is 11.6 Å². The van der Waals surface area contributed by atoms with Gasteiger partial charge in [0.1, 0.15) is 0 Å². The number of carbonyl (C=O) groups is 2. The van der Waals surface area contributed by atoms with Crippen LogP contribution >= 0.6 is 0 Å². The molecule has 0 radical (unpaired) electrons. The van der Waals surface area contributed by atoms with Crippen LogP contribution < -0.4 is 4.90 Å². The van der Waals surface area contributed by atoms with Crippen molar-refractivity contribution in [3.8, 4) is 0 Å². The molecule has 1 amide bonds. The summed E-state index contributed by atoms with van der Waals surface area (Å²) in [5.41, 5.74) is 0.131. The molecule has 1 aromatic rings. The fraction of sp³-hybridized carbons (Fsp3) is 0.429. The van der Waals surface area contributed by atoms with Gasteiger partial charge in [-0.15, -0.1) is 0 Å². The number of benzene rings is 1. The minimum atomic E-state index is -1.11. The number of Topliss-reactive ketones (excluding diaryl/α,β-unsaturated/α-hetero) is 1. The van der Waals surface area contributed by atoms with E-state index in [4.69, 9.17) is 0 Å². The Labute approximate surface area is 110 Å². The maximum Gasteiger partial charge on any atom is 0.299 e. The molecule has 0 bridgehead atoms. The van der Waals surface area contributed by atoms with E-state index in [-0.39, 0.29) is 11.3 Å². The molecule has 0 aliphatic carbocycles. The second kappa shape index (κ2) is 5.07. The summed E-state index contributed by atoms with van der Waals surface area (Å²) in [5, 5.41) is 0. The molecular formula is C14H15F2NO2. The third kappa shape index (κ3) is 2.50. The number of anilines is 1. The molecule has 0 saturated carbocycles. The Morgan fingerprint density at radius 2 is 1.79 bits per heavy atom. The van der Waals surface area contributed by atoms with Crippen molar-refractivity contribution in [2.45, 2.75) is 26.7 Å². The second-order valence-corrected chi connectivity index (χ2v) is 5.11. The molecule has 0 atom stereocenters. The predicted molar refractivity (Wildman–Crippen MR) is 67.1 cm³/mol. The lowest BCUT2D eigenvalue weighted by Gasteiger charge is -2.17. The third-order valence-electron chi connectivity index (χ3n) is 3.18. The fourth-order valence-electron chi connectivity index (χ4n) is 2.17. The van der Waals surface area contributed by atoms with E-state index < -0.39 is 23.3 Å². The lowest BCUT2D eigenvalue weighted by atomic mass is 10.1. The van der Waals surface area contributed by atoms with Gasteiger partial charge in [-0.05, 0) is 24.8 Å². The molecule has 19 heavy (non-hydrogen) atoms. The van der Waals surface area contributed by atoms with Crippen LogP contribution in [0.2, 0.25) is 0 Å². The molecule has 102 valence electrons. The van der Waals surface area contributed by atoms with Gasteiger partial charge >= 0.3 is 0 Å². The Bertz CT molecular complexity index is 540. The quantitative estimate of drug-likeness (QED) is 0.786. The van der Waals surface area contributed by atoms with E-state index in [9.17, 15) is 18.4 Å². The molecule has 0 N–H and O–H groups in total. The molecule has 1 heterocycles. The Morgan fingerprint density at radius 1 is 1.16 bits per heavy atom. The van der Waals surface area contributed by atoms with Gasteiger partial charge in [0.25, 0.3) is 11.7 Å². The maximum absolute atomic E-state index is 13.2. The molecule has 3 nitrogen and oxygen atoms in total. The summed E-state index contributed by atoms with van der Waals surface area (Å²) >= 11 is 0. The average Bonchev–Trinajstić information content (AvgIpc) is 2.55. The number of amides is 1. The van der Waals surface area contributed by atoms with Crippen molar-refractivity contribution in [3.63, 3.8) is 0 Å². The number of ketones is 1. The van der Waals surface area contributed by atoms with Gasteiger partial charge in [-0.25, -0.2) is 8.78 Å². The van der Waals surface area contributed by atoms with Crippen molar-refractivity contribution in [1.82, 2.24) is 0 Å². The smallest absolute Gasteiger partial charge is 0.299 e. The van der Waals surface area contributed by atoms with Crippen LogP contribution in [0.4, 0.5) is 14.5 Å². The normalized spacial score (nSPS) is 14.5. The highest BCUT2D eigenvalue weighted by atomic mass is 19.2. The topological polar surface area (TPSA) is 37.4 Å². The molecule has 0 spiro atoms. The third-order valence-corrected chi connectivity index (χ3v) is 3.18. The van der Waals surface area contributed by atoms with E-state index in [0.29, 0.717) is 12.5 Å². The molecule has 0 saturated heterocycles. The number of nitrogens with zero attached hydrogens (tertiary/aromatic N) is 1. The van der Waals surface area contributed by atoms with Crippen LogP contribution in [0.15, 0.2) is 12.1 Å². The number of hydrogen-bond donors (Lipinski definition) is 0. The van der Waals surface area contributed by atoms with Crippen LogP contribution in [0, 0.1) is 17.6 Å². The van der Waals surface area contributed by atoms with Crippen LogP contribution in [0.1, 0.15) is 37.0 Å². The van der Waals surface area contributed by atoms with Crippen LogP contribution in [-0.2, 0) is 4.79 Å². The summed E-state index contributed by atoms with van der Waals surface area (Å²) in [7, 11) is 0. The highest BCUT2D eigenvalue weighted by molar-refractivity contribution is 6.52. The SMILES string of the molecule is CC(C)CCCN1C(=O)C(=O)c2cc(F)c(F)cc21. The maximum atomic E-state index is 13.2. The van der Waals surface area contributed by atoms with Crippen LogP contribution in [-0.4, -0.2) is 18.2 Å². The van der Waals surface area contributed by atoms with Gasteiger partial charge in [-0.1, -0.05) is 13.8 Å². The zero-order valence-corrected chi connectivity index (χ0v) is 10.9. The van der Waals surface area contributed by atoms with Crippen molar-refractivity contribution < 1.29 is 18.4 Å². The highest BCUT2D eigenvalue weighted by Gasteiger charge is 2.36. The van der Waals surface area contributed by atoms with Crippen molar-refractivity contribution in [3.05, 3.63) is 29.3 Å². The zero-order chi connectivity index (χ0) is 14.2. The molecule has 0 aromatic heterocycles. The molecule has 0 fully saturated rings. The van der Waals surface area contributed by atoms with E-state index in [0.717, 1.165) is 25.0 Å². The first kappa shape index (κ1) is 13.6. The minimum absolute atomic E-state index is 0.0477. The van der Waals surface area contributed by atoms with Crippen molar-refractivity contribution in [2.75, 3.05) is 11.4 Å². The van der Waals surface area contributed by atoms with Gasteiger partial charge < -0.3 is 4.90 Å². The number of hydrogen-bond acceptors (Lipinski definition) is 2. The number of carbonyl (C=O) groups excluding carboxylic acids is 2. The largest absolute Gasteiger partial charge is 0.305 e. The van der Waals surface area contributed by atoms with Gasteiger partial charge in [-0.2, -0.15) is 0 Å². The van der Waals surface area contributed by atoms with E-state index >= 15 is 0 Å². The summed E-state index contributed by atoms with van der Waals surface area (Å²) in [6.45, 7) is 4.46. The predicted octanol–water partition coefficient (Wildman–Crippen LogP) is 2.93. The van der Waals surface area contributed by atoms with Crippen LogP contribution in [0.3, 0.4) is 0 Å². The van der Waals surface area contributed by atoms with E-state index in [2.05, 4.69) is 13.8 Å². The Hall–Kier alpha value is -1.78. The molecule has 1 aliphatic heterocycles. The summed E-state index contributed by atoms with van der Waals surface area (Å²) in [6.07, 6.45) is 1.62. The van der Waals surface area contributed by atoms with Gasteiger partial charge in [-0.3, -0.25) is 9.59 Å². The number of halogens is 2. The summed E-state index contributed by atoms with van der Waals surface area (Å²) in [6, 6.07) is 1.72. The van der Waals surface area contributed by atoms with Crippen molar-refractivity contribution in [2.24, 2.45) is 5.92 Å². The molecule has 1 aromatic carbocycles. The van der Waals surface area contributed by atoms with E-state index in [1.807, 2.05) is 0 Å². The molecule has 2 rings (SSSR count). The highest BCUT2D eigenvalue weighted by Crippen LogP contribution is 2.31. The molecule has 1 aliphatic rings. The van der Waals surface area contributed by atoms with E-state index in [1.165, 1.54) is 4.90 Å². The monoisotopic (exact) mass is 267 g/mol. The average molecular weight is 267 g/mol. The Kier molecular flexibility index (Phi) is 3.64. The molecular weight excluding hydrogens is 252 g/mol. The zero-order valence-electron chi connectivity index (χ0n) is 10.9. The fourth-order valence-corrected chi connectivity index (χ4v) is 2.17.